The molecule has 1 heterocycles. The molecule has 1 aliphatic heterocycles. The summed E-state index contributed by atoms with van der Waals surface area (Å²) >= 11 is 0. The highest BCUT2D eigenvalue weighted by molar-refractivity contribution is 6.74. The molecule has 180 valence electrons. The number of aliphatic hydroxyl groups excluding tert-OH is 1. The number of ether oxygens (including phenoxy) is 2. The molecule has 0 bridgehead atoms. The molecular weight excluding hydrogens is 434 g/mol. The lowest BCUT2D eigenvalue weighted by molar-refractivity contribution is 0.0469. The molecule has 1 aliphatic rings. The summed E-state index contributed by atoms with van der Waals surface area (Å²) in [4.78, 5) is 12.5. The van der Waals surface area contributed by atoms with Gasteiger partial charge in [0.25, 0.3) is 0 Å². The Kier molecular flexibility index (Phi) is 7.56. The van der Waals surface area contributed by atoms with Gasteiger partial charge >= 0.3 is 6.09 Å². The summed E-state index contributed by atoms with van der Waals surface area (Å²) in [7, 11) is -1.92. The van der Waals surface area contributed by atoms with Crippen molar-refractivity contribution in [3.63, 3.8) is 0 Å². The molecule has 7 heteroatoms. The summed E-state index contributed by atoms with van der Waals surface area (Å²) in [6, 6.07) is 16.8. The molecule has 2 aromatic carbocycles. The van der Waals surface area contributed by atoms with Gasteiger partial charge in [0.1, 0.15) is 24.1 Å². The van der Waals surface area contributed by atoms with E-state index in [1.54, 1.807) is 0 Å². The largest absolute Gasteiger partial charge is 0.544 e. The van der Waals surface area contributed by atoms with Crippen LogP contribution in [0.2, 0.25) is 18.1 Å². The smallest absolute Gasteiger partial charge is 0.407 e. The summed E-state index contributed by atoms with van der Waals surface area (Å²) < 4.78 is 17.2. The van der Waals surface area contributed by atoms with Gasteiger partial charge < -0.3 is 24.3 Å². The quantitative estimate of drug-likeness (QED) is 0.395. The Balaban J connectivity index is 1.64. The fraction of sp³-hybridized carbons (Fsp3) is 0.500. The van der Waals surface area contributed by atoms with E-state index < -0.39 is 32.2 Å². The van der Waals surface area contributed by atoms with Crippen LogP contribution in [0.5, 0.6) is 5.75 Å². The van der Waals surface area contributed by atoms with Crippen LogP contribution >= 0.6 is 0 Å². The van der Waals surface area contributed by atoms with Gasteiger partial charge in [-0.1, -0.05) is 63.2 Å². The van der Waals surface area contributed by atoms with E-state index in [0.29, 0.717) is 13.0 Å². The van der Waals surface area contributed by atoms with Crippen molar-refractivity contribution in [1.82, 2.24) is 5.32 Å². The summed E-state index contributed by atoms with van der Waals surface area (Å²) in [5.41, 5.74) is 1.23. The highest BCUT2D eigenvalue weighted by atomic mass is 28.4. The van der Waals surface area contributed by atoms with Gasteiger partial charge in [0.05, 0.1) is 12.6 Å². The average Bonchev–Trinajstić information content (AvgIpc) is 3.51. The first-order valence-corrected chi connectivity index (χ1v) is 14.4. The van der Waals surface area contributed by atoms with Crippen molar-refractivity contribution >= 4 is 14.4 Å². The van der Waals surface area contributed by atoms with E-state index in [2.05, 4.69) is 39.2 Å². The Morgan fingerprint density at radius 3 is 2.27 bits per heavy atom. The van der Waals surface area contributed by atoms with Gasteiger partial charge in [-0.15, -0.1) is 0 Å². The molecule has 0 saturated carbocycles. The van der Waals surface area contributed by atoms with Gasteiger partial charge in [-0.3, -0.25) is 0 Å². The SMILES string of the molecule is CC(C)(C)[Si](C)(C)Oc1ccc(C[C@H](NC(=O)OCc2ccccc2)[C@H](O)[C@@]2(C)CO2)cc1. The van der Waals surface area contributed by atoms with Crippen LogP contribution in [-0.2, 0) is 22.5 Å². The summed E-state index contributed by atoms with van der Waals surface area (Å²) in [5, 5.41) is 13.8. The first-order chi connectivity index (χ1) is 15.4. The number of hydrogen-bond acceptors (Lipinski definition) is 5. The fourth-order valence-electron chi connectivity index (χ4n) is 3.26. The monoisotopic (exact) mass is 471 g/mol. The van der Waals surface area contributed by atoms with Gasteiger partial charge in [-0.05, 0) is 54.7 Å². The Bertz CT molecular complexity index is 920. The average molecular weight is 472 g/mol. The van der Waals surface area contributed by atoms with E-state index in [1.165, 1.54) is 0 Å². The number of carbonyl (C=O) groups is 1. The minimum absolute atomic E-state index is 0.116. The molecule has 3 rings (SSSR count). The molecule has 1 saturated heterocycles. The molecule has 2 N–H and O–H groups in total. The maximum atomic E-state index is 12.5. The number of alkyl carbamates (subject to hydrolysis) is 1. The van der Waals surface area contributed by atoms with Crippen LogP contribution in [-0.4, -0.2) is 43.9 Å². The van der Waals surface area contributed by atoms with E-state index in [0.717, 1.165) is 16.9 Å². The molecular formula is C26H37NO5Si. The van der Waals surface area contributed by atoms with E-state index in [-0.39, 0.29) is 11.6 Å². The highest BCUT2D eigenvalue weighted by Gasteiger charge is 2.50. The third kappa shape index (κ3) is 6.82. The normalized spacial score (nSPS) is 20.0. The molecule has 1 amide bonds. The minimum Gasteiger partial charge on any atom is -0.544 e. The van der Waals surface area contributed by atoms with Gasteiger partial charge in [0.2, 0.25) is 8.32 Å². The van der Waals surface area contributed by atoms with Gasteiger partial charge in [-0.25, -0.2) is 4.79 Å². The molecule has 1 fully saturated rings. The van der Waals surface area contributed by atoms with E-state index in [4.69, 9.17) is 13.9 Å². The Labute approximate surface area is 198 Å². The fourth-order valence-corrected chi connectivity index (χ4v) is 4.29. The van der Waals surface area contributed by atoms with E-state index in [9.17, 15) is 9.90 Å². The number of hydrogen-bond donors (Lipinski definition) is 2. The predicted octanol–water partition coefficient (Wildman–Crippen LogP) is 5.06. The molecule has 3 atom stereocenters. The Morgan fingerprint density at radius 2 is 1.73 bits per heavy atom. The summed E-state index contributed by atoms with van der Waals surface area (Å²) in [5.74, 6) is 0.843. The maximum absolute atomic E-state index is 12.5. The third-order valence-electron chi connectivity index (χ3n) is 6.68. The van der Waals surface area contributed by atoms with Crippen LogP contribution in [0.15, 0.2) is 54.6 Å². The molecule has 0 aromatic heterocycles. The number of amides is 1. The second-order valence-corrected chi connectivity index (χ2v) is 15.3. The van der Waals surface area contributed by atoms with Gasteiger partial charge in [0, 0.05) is 0 Å². The Morgan fingerprint density at radius 1 is 1.12 bits per heavy atom. The van der Waals surface area contributed by atoms with Crippen LogP contribution in [0.4, 0.5) is 4.79 Å². The number of rotatable bonds is 9. The Hall–Kier alpha value is -2.35. The standard InChI is InChI=1S/C26H37NO5Si/c1-25(2,3)33(5,6)32-21-14-12-19(13-15-21)16-22(23(28)26(4)18-31-26)27-24(29)30-17-20-10-8-7-9-11-20/h7-15,22-23,28H,16-18H2,1-6H3,(H,27,29)/t22-,23-,26+/m0/s1. The topological polar surface area (TPSA) is 80.3 Å². The number of aliphatic hydroxyl groups is 1. The summed E-state index contributed by atoms with van der Waals surface area (Å²) in [6.07, 6.45) is -0.976. The zero-order chi connectivity index (χ0) is 24.3. The minimum atomic E-state index is -1.92. The summed E-state index contributed by atoms with van der Waals surface area (Å²) in [6.45, 7) is 13.5. The van der Waals surface area contributed by atoms with Crippen molar-refractivity contribution < 1.29 is 23.8 Å². The van der Waals surface area contributed by atoms with Crippen LogP contribution < -0.4 is 9.74 Å². The molecule has 0 aliphatic carbocycles. The van der Waals surface area contributed by atoms with Crippen LogP contribution in [0, 0.1) is 0 Å². The molecule has 2 aromatic rings. The van der Waals surface area contributed by atoms with E-state index >= 15 is 0 Å². The van der Waals surface area contributed by atoms with Crippen LogP contribution in [0.3, 0.4) is 0 Å². The zero-order valence-electron chi connectivity index (χ0n) is 20.6. The van der Waals surface area contributed by atoms with Crippen molar-refractivity contribution in [3.8, 4) is 5.75 Å². The third-order valence-corrected chi connectivity index (χ3v) is 11.0. The number of carbonyl (C=O) groups excluding carboxylic acids is 1. The molecule has 0 radical (unpaired) electrons. The number of nitrogens with one attached hydrogen (secondary N) is 1. The van der Waals surface area contributed by atoms with Gasteiger partial charge in [0.15, 0.2) is 0 Å². The zero-order valence-corrected chi connectivity index (χ0v) is 21.6. The van der Waals surface area contributed by atoms with Crippen molar-refractivity contribution in [3.05, 3.63) is 65.7 Å². The second kappa shape index (κ2) is 9.87. The van der Waals surface area contributed by atoms with Crippen LogP contribution in [0.25, 0.3) is 0 Å². The van der Waals surface area contributed by atoms with Gasteiger partial charge in [-0.2, -0.15) is 0 Å². The maximum Gasteiger partial charge on any atom is 0.407 e. The number of epoxide rings is 1. The number of benzene rings is 2. The predicted molar refractivity (Wildman–Crippen MR) is 132 cm³/mol. The lowest BCUT2D eigenvalue weighted by atomic mass is 9.93. The first-order valence-electron chi connectivity index (χ1n) is 11.5. The molecule has 0 spiro atoms. The molecule has 6 nitrogen and oxygen atoms in total. The lowest BCUT2D eigenvalue weighted by Gasteiger charge is -2.36. The van der Waals surface area contributed by atoms with Crippen molar-refractivity contribution in [2.24, 2.45) is 0 Å². The molecule has 33 heavy (non-hydrogen) atoms. The van der Waals surface area contributed by atoms with Crippen molar-refractivity contribution in [2.45, 2.75) is 76.6 Å². The first kappa shape index (κ1) is 25.3. The van der Waals surface area contributed by atoms with Crippen LogP contribution in [0.1, 0.15) is 38.8 Å². The lowest BCUT2D eigenvalue weighted by Crippen LogP contribution is -2.50. The van der Waals surface area contributed by atoms with Crippen molar-refractivity contribution in [1.29, 1.82) is 0 Å². The molecule has 0 unspecified atom stereocenters. The van der Waals surface area contributed by atoms with Crippen molar-refractivity contribution in [2.75, 3.05) is 6.61 Å². The highest BCUT2D eigenvalue weighted by Crippen LogP contribution is 2.37. The second-order valence-electron chi connectivity index (χ2n) is 10.6. The van der Waals surface area contributed by atoms with E-state index in [1.807, 2.05) is 61.5 Å².